The summed E-state index contributed by atoms with van der Waals surface area (Å²) in [5, 5.41) is 3.48. The second kappa shape index (κ2) is 4.99. The summed E-state index contributed by atoms with van der Waals surface area (Å²) in [6, 6.07) is 6.43. The van der Waals surface area contributed by atoms with Gasteiger partial charge in [-0.1, -0.05) is 15.9 Å². The molecule has 0 spiro atoms. The van der Waals surface area contributed by atoms with Crippen LogP contribution < -0.4 is 10.1 Å². The van der Waals surface area contributed by atoms with Gasteiger partial charge >= 0.3 is 0 Å². The summed E-state index contributed by atoms with van der Waals surface area (Å²) in [6.07, 6.45) is 5.45. The maximum absolute atomic E-state index is 6.02. The van der Waals surface area contributed by atoms with Gasteiger partial charge in [0, 0.05) is 16.9 Å². The number of rotatable bonds is 3. The predicted octanol–water partition coefficient (Wildman–Crippen LogP) is 3.46. The molecule has 1 heterocycles. The minimum Gasteiger partial charge on any atom is -0.490 e. The van der Waals surface area contributed by atoms with Crippen LogP contribution in [0.2, 0.25) is 0 Å². The number of halogens is 1. The Balaban J connectivity index is 1.85. The Labute approximate surface area is 111 Å². The third-order valence-electron chi connectivity index (χ3n) is 3.53. The van der Waals surface area contributed by atoms with Crippen LogP contribution in [0.4, 0.5) is 0 Å². The first-order valence-electron chi connectivity index (χ1n) is 6.50. The number of nitrogens with one attached hydrogen (secondary N) is 1. The zero-order valence-corrected chi connectivity index (χ0v) is 11.5. The van der Waals surface area contributed by atoms with Crippen molar-refractivity contribution >= 4 is 15.9 Å². The minimum absolute atomic E-state index is 0.478. The van der Waals surface area contributed by atoms with Crippen molar-refractivity contribution in [1.29, 1.82) is 0 Å². The molecule has 1 unspecified atom stereocenters. The van der Waals surface area contributed by atoms with E-state index in [0.29, 0.717) is 12.0 Å². The zero-order chi connectivity index (χ0) is 11.7. The largest absolute Gasteiger partial charge is 0.490 e. The maximum Gasteiger partial charge on any atom is 0.123 e. The van der Waals surface area contributed by atoms with E-state index in [1.54, 1.807) is 0 Å². The van der Waals surface area contributed by atoms with Gasteiger partial charge in [-0.2, -0.15) is 0 Å². The summed E-state index contributed by atoms with van der Waals surface area (Å²) in [5.41, 5.74) is 1.37. The van der Waals surface area contributed by atoms with E-state index in [-0.39, 0.29) is 0 Å². The fraction of sp³-hybridized carbons (Fsp3) is 0.571. The van der Waals surface area contributed by atoms with Crippen LogP contribution in [0.15, 0.2) is 22.7 Å². The molecule has 0 bridgehead atoms. The van der Waals surface area contributed by atoms with E-state index in [1.165, 1.54) is 31.2 Å². The number of benzene rings is 1. The van der Waals surface area contributed by atoms with Crippen LogP contribution in [0, 0.1) is 0 Å². The lowest BCUT2D eigenvalue weighted by Gasteiger charge is -2.25. The lowest BCUT2D eigenvalue weighted by molar-refractivity contribution is 0.295. The van der Waals surface area contributed by atoms with Crippen LogP contribution in [0.3, 0.4) is 0 Å². The van der Waals surface area contributed by atoms with Crippen LogP contribution in [0.1, 0.15) is 37.2 Å². The molecule has 1 aliphatic heterocycles. The van der Waals surface area contributed by atoms with E-state index in [4.69, 9.17) is 4.74 Å². The molecule has 3 rings (SSSR count). The van der Waals surface area contributed by atoms with Crippen LogP contribution in [0.5, 0.6) is 5.75 Å². The molecule has 1 aromatic rings. The van der Waals surface area contributed by atoms with E-state index < -0.39 is 0 Å². The van der Waals surface area contributed by atoms with Gasteiger partial charge in [-0.25, -0.2) is 0 Å². The molecule has 17 heavy (non-hydrogen) atoms. The summed E-state index contributed by atoms with van der Waals surface area (Å²) in [5.74, 6) is 1.71. The van der Waals surface area contributed by atoms with E-state index in [1.807, 2.05) is 0 Å². The Morgan fingerprint density at radius 3 is 2.82 bits per heavy atom. The summed E-state index contributed by atoms with van der Waals surface area (Å²) in [7, 11) is 0. The highest BCUT2D eigenvalue weighted by Crippen LogP contribution is 2.36. The minimum atomic E-state index is 0.478. The van der Waals surface area contributed by atoms with E-state index in [0.717, 1.165) is 23.3 Å². The molecule has 2 nitrogen and oxygen atoms in total. The van der Waals surface area contributed by atoms with Crippen molar-refractivity contribution in [3.63, 3.8) is 0 Å². The number of piperidine rings is 1. The van der Waals surface area contributed by atoms with Gasteiger partial charge in [0.15, 0.2) is 0 Å². The molecule has 1 saturated carbocycles. The third kappa shape index (κ3) is 2.83. The van der Waals surface area contributed by atoms with Crippen molar-refractivity contribution < 1.29 is 4.74 Å². The van der Waals surface area contributed by atoms with Crippen LogP contribution >= 0.6 is 15.9 Å². The van der Waals surface area contributed by atoms with Crippen molar-refractivity contribution in [3.8, 4) is 5.75 Å². The van der Waals surface area contributed by atoms with Crippen molar-refractivity contribution in [2.45, 2.75) is 37.7 Å². The third-order valence-corrected chi connectivity index (χ3v) is 4.02. The number of ether oxygens (including phenoxy) is 1. The summed E-state index contributed by atoms with van der Waals surface area (Å²) in [6.45, 7) is 2.24. The highest BCUT2D eigenvalue weighted by Gasteiger charge is 2.26. The first kappa shape index (κ1) is 11.5. The van der Waals surface area contributed by atoms with E-state index >= 15 is 0 Å². The number of hydrogen-bond acceptors (Lipinski definition) is 2. The standard InChI is InChI=1S/C14H18BrNO/c15-11-3-6-14(17-12-4-5-12)13(8-11)10-2-1-7-16-9-10/h3,6,8,10,12,16H,1-2,4-5,7,9H2. The average Bonchev–Trinajstić information content (AvgIpc) is 3.17. The van der Waals surface area contributed by atoms with Gasteiger partial charge in [0.05, 0.1) is 6.10 Å². The second-order valence-corrected chi connectivity index (χ2v) is 5.96. The Hall–Kier alpha value is -0.540. The van der Waals surface area contributed by atoms with Crippen LogP contribution in [0.25, 0.3) is 0 Å². The molecule has 92 valence electrons. The predicted molar refractivity (Wildman–Crippen MR) is 72.6 cm³/mol. The van der Waals surface area contributed by atoms with Gasteiger partial charge in [-0.3, -0.25) is 0 Å². The summed E-state index contributed by atoms with van der Waals surface area (Å²) < 4.78 is 7.17. The smallest absolute Gasteiger partial charge is 0.123 e. The Kier molecular flexibility index (Phi) is 3.39. The first-order chi connectivity index (χ1) is 8.33. The molecule has 0 amide bonds. The lowest BCUT2D eigenvalue weighted by atomic mass is 9.91. The Morgan fingerprint density at radius 2 is 2.12 bits per heavy atom. The summed E-state index contributed by atoms with van der Waals surface area (Å²) >= 11 is 3.57. The van der Waals surface area contributed by atoms with Crippen molar-refractivity contribution in [3.05, 3.63) is 28.2 Å². The van der Waals surface area contributed by atoms with Gasteiger partial charge < -0.3 is 10.1 Å². The van der Waals surface area contributed by atoms with Gasteiger partial charge in [0.2, 0.25) is 0 Å². The summed E-state index contributed by atoms with van der Waals surface area (Å²) in [4.78, 5) is 0. The monoisotopic (exact) mass is 295 g/mol. The molecule has 1 N–H and O–H groups in total. The van der Waals surface area contributed by atoms with Gasteiger partial charge in [-0.15, -0.1) is 0 Å². The van der Waals surface area contributed by atoms with Crippen molar-refractivity contribution in [2.24, 2.45) is 0 Å². The second-order valence-electron chi connectivity index (χ2n) is 5.04. The average molecular weight is 296 g/mol. The quantitative estimate of drug-likeness (QED) is 0.922. The molecule has 2 fully saturated rings. The molecule has 1 atom stereocenters. The highest BCUT2D eigenvalue weighted by atomic mass is 79.9. The first-order valence-corrected chi connectivity index (χ1v) is 7.29. The molecule has 1 saturated heterocycles. The fourth-order valence-corrected chi connectivity index (χ4v) is 2.81. The van der Waals surface area contributed by atoms with Crippen LogP contribution in [-0.2, 0) is 0 Å². The SMILES string of the molecule is Brc1ccc(OC2CC2)c(C2CCCNC2)c1. The molecule has 0 aromatic heterocycles. The number of hydrogen-bond donors (Lipinski definition) is 1. The molecular weight excluding hydrogens is 278 g/mol. The fourth-order valence-electron chi connectivity index (χ4n) is 2.43. The van der Waals surface area contributed by atoms with Gasteiger partial charge in [0.25, 0.3) is 0 Å². The highest BCUT2D eigenvalue weighted by molar-refractivity contribution is 9.10. The van der Waals surface area contributed by atoms with Crippen LogP contribution in [-0.4, -0.2) is 19.2 Å². The lowest BCUT2D eigenvalue weighted by Crippen LogP contribution is -2.28. The molecule has 1 aromatic carbocycles. The van der Waals surface area contributed by atoms with Crippen molar-refractivity contribution in [2.75, 3.05) is 13.1 Å². The molecule has 1 aliphatic carbocycles. The molecule has 2 aliphatic rings. The Morgan fingerprint density at radius 1 is 1.24 bits per heavy atom. The normalized spacial score (nSPS) is 24.6. The van der Waals surface area contributed by atoms with E-state index in [9.17, 15) is 0 Å². The van der Waals surface area contributed by atoms with Crippen molar-refractivity contribution in [1.82, 2.24) is 5.32 Å². The molecule has 0 radical (unpaired) electrons. The zero-order valence-electron chi connectivity index (χ0n) is 9.92. The molecule has 3 heteroatoms. The topological polar surface area (TPSA) is 21.3 Å². The van der Waals surface area contributed by atoms with Gasteiger partial charge in [-0.05, 0) is 56.0 Å². The Bertz CT molecular complexity index is 397. The van der Waals surface area contributed by atoms with E-state index in [2.05, 4.69) is 39.4 Å². The van der Waals surface area contributed by atoms with Gasteiger partial charge in [0.1, 0.15) is 5.75 Å². The maximum atomic E-state index is 6.02. The molecular formula is C14H18BrNO.